The Morgan fingerprint density at radius 3 is 2.81 bits per heavy atom. The van der Waals surface area contributed by atoms with E-state index in [1.807, 2.05) is 0 Å². The van der Waals surface area contributed by atoms with Crippen LogP contribution in [0.25, 0.3) is 10.9 Å². The number of aromatic amines is 1. The highest BCUT2D eigenvalue weighted by molar-refractivity contribution is 5.83. The monoisotopic (exact) mass is 214 g/mol. The highest BCUT2D eigenvalue weighted by Crippen LogP contribution is 2.37. The fourth-order valence-electron chi connectivity index (χ4n) is 2.86. The van der Waals surface area contributed by atoms with Gasteiger partial charge in [-0.25, -0.2) is 0 Å². The van der Waals surface area contributed by atoms with Crippen LogP contribution in [-0.2, 0) is 0 Å². The smallest absolute Gasteiger partial charge is 0.0457 e. The maximum absolute atomic E-state index is 3.37. The number of aromatic nitrogens is 1. The number of hydrogen-bond donors (Lipinski definition) is 1. The highest BCUT2D eigenvalue weighted by atomic mass is 15.2. The second kappa shape index (κ2) is 3.63. The molecule has 1 N–H and O–H groups in total. The van der Waals surface area contributed by atoms with E-state index in [9.17, 15) is 0 Å². The molecule has 1 aliphatic heterocycles. The zero-order valence-electron chi connectivity index (χ0n) is 9.90. The summed E-state index contributed by atoms with van der Waals surface area (Å²) in [6.45, 7) is 2.31. The molecule has 2 atom stereocenters. The van der Waals surface area contributed by atoms with E-state index in [0.29, 0.717) is 12.1 Å². The Balaban J connectivity index is 2.06. The third-order valence-corrected chi connectivity index (χ3v) is 4.02. The largest absolute Gasteiger partial charge is 0.361 e. The summed E-state index contributed by atoms with van der Waals surface area (Å²) in [6, 6.07) is 9.88. The molecule has 84 valence electrons. The molecule has 16 heavy (non-hydrogen) atoms. The Hall–Kier alpha value is -1.28. The van der Waals surface area contributed by atoms with Crippen LogP contribution in [0.2, 0.25) is 0 Å². The SMILES string of the molecule is C[C@H]1CC[C@H](c2c[nH]c3ccccc23)N1C. The molecule has 0 spiro atoms. The van der Waals surface area contributed by atoms with E-state index >= 15 is 0 Å². The van der Waals surface area contributed by atoms with Crippen molar-refractivity contribution in [2.24, 2.45) is 0 Å². The van der Waals surface area contributed by atoms with Crippen LogP contribution in [0.3, 0.4) is 0 Å². The van der Waals surface area contributed by atoms with Gasteiger partial charge in [0.25, 0.3) is 0 Å². The normalized spacial score (nSPS) is 26.6. The number of rotatable bonds is 1. The van der Waals surface area contributed by atoms with Gasteiger partial charge in [0.1, 0.15) is 0 Å². The Kier molecular flexibility index (Phi) is 2.25. The van der Waals surface area contributed by atoms with Gasteiger partial charge < -0.3 is 4.98 Å². The molecular weight excluding hydrogens is 196 g/mol. The number of nitrogens with one attached hydrogen (secondary N) is 1. The van der Waals surface area contributed by atoms with Crippen molar-refractivity contribution in [1.82, 2.24) is 9.88 Å². The molecule has 0 bridgehead atoms. The molecule has 0 amide bonds. The Labute approximate surface area is 96.3 Å². The van der Waals surface area contributed by atoms with E-state index in [4.69, 9.17) is 0 Å². The maximum Gasteiger partial charge on any atom is 0.0457 e. The molecule has 2 heterocycles. The van der Waals surface area contributed by atoms with E-state index in [0.717, 1.165) is 0 Å². The van der Waals surface area contributed by atoms with Gasteiger partial charge in [-0.05, 0) is 38.4 Å². The predicted octanol–water partition coefficient (Wildman–Crippen LogP) is 3.32. The maximum atomic E-state index is 3.37. The summed E-state index contributed by atoms with van der Waals surface area (Å²) >= 11 is 0. The predicted molar refractivity (Wildman–Crippen MR) is 67.5 cm³/mol. The van der Waals surface area contributed by atoms with Crippen molar-refractivity contribution < 1.29 is 0 Å². The molecule has 2 heteroatoms. The van der Waals surface area contributed by atoms with E-state index in [2.05, 4.69) is 54.3 Å². The molecule has 3 rings (SSSR count). The van der Waals surface area contributed by atoms with Gasteiger partial charge in [-0.1, -0.05) is 18.2 Å². The van der Waals surface area contributed by atoms with E-state index < -0.39 is 0 Å². The molecule has 2 aromatic rings. The first-order valence-electron chi connectivity index (χ1n) is 6.05. The van der Waals surface area contributed by atoms with Crippen molar-refractivity contribution in [3.8, 4) is 0 Å². The van der Waals surface area contributed by atoms with Crippen LogP contribution < -0.4 is 0 Å². The first kappa shape index (κ1) is 9.91. The summed E-state index contributed by atoms with van der Waals surface area (Å²) in [5.74, 6) is 0. The van der Waals surface area contributed by atoms with Crippen molar-refractivity contribution in [3.63, 3.8) is 0 Å². The molecule has 1 aliphatic rings. The minimum atomic E-state index is 0.589. The first-order valence-corrected chi connectivity index (χ1v) is 6.05. The summed E-state index contributed by atoms with van der Waals surface area (Å²) in [5.41, 5.74) is 2.72. The second-order valence-corrected chi connectivity index (χ2v) is 4.90. The highest BCUT2D eigenvalue weighted by Gasteiger charge is 2.29. The van der Waals surface area contributed by atoms with E-state index in [1.54, 1.807) is 0 Å². The van der Waals surface area contributed by atoms with E-state index in [-0.39, 0.29) is 0 Å². The molecule has 0 unspecified atom stereocenters. The van der Waals surface area contributed by atoms with Gasteiger partial charge >= 0.3 is 0 Å². The quantitative estimate of drug-likeness (QED) is 0.771. The van der Waals surface area contributed by atoms with Crippen LogP contribution in [0.1, 0.15) is 31.4 Å². The lowest BCUT2D eigenvalue weighted by Crippen LogP contribution is -2.24. The lowest BCUT2D eigenvalue weighted by molar-refractivity contribution is 0.258. The van der Waals surface area contributed by atoms with Crippen molar-refractivity contribution in [1.29, 1.82) is 0 Å². The summed E-state index contributed by atoms with van der Waals surface area (Å²) < 4.78 is 0. The first-order chi connectivity index (χ1) is 7.77. The molecule has 0 aliphatic carbocycles. The summed E-state index contributed by atoms with van der Waals surface area (Å²) in [6.07, 6.45) is 4.77. The third kappa shape index (κ3) is 1.37. The van der Waals surface area contributed by atoms with E-state index in [1.165, 1.54) is 29.3 Å². The average molecular weight is 214 g/mol. The van der Waals surface area contributed by atoms with Crippen molar-refractivity contribution in [2.75, 3.05) is 7.05 Å². The zero-order chi connectivity index (χ0) is 11.1. The van der Waals surface area contributed by atoms with Gasteiger partial charge in [0, 0.05) is 29.2 Å². The number of likely N-dealkylation sites (tertiary alicyclic amines) is 1. The van der Waals surface area contributed by atoms with Crippen LogP contribution in [0, 0.1) is 0 Å². The Morgan fingerprint density at radius 1 is 1.25 bits per heavy atom. The van der Waals surface area contributed by atoms with Crippen molar-refractivity contribution >= 4 is 10.9 Å². The number of nitrogens with zero attached hydrogens (tertiary/aromatic N) is 1. The standard InChI is InChI=1S/C14H18N2/c1-10-7-8-14(16(10)2)12-9-15-13-6-4-3-5-11(12)13/h3-6,9-10,14-15H,7-8H2,1-2H3/t10-,14+/m0/s1. The summed E-state index contributed by atoms with van der Waals surface area (Å²) in [7, 11) is 2.24. The molecular formula is C14H18N2. The topological polar surface area (TPSA) is 19.0 Å². The fourth-order valence-corrected chi connectivity index (χ4v) is 2.86. The van der Waals surface area contributed by atoms with Crippen LogP contribution in [-0.4, -0.2) is 23.0 Å². The van der Waals surface area contributed by atoms with Gasteiger partial charge in [-0.15, -0.1) is 0 Å². The third-order valence-electron chi connectivity index (χ3n) is 4.02. The minimum absolute atomic E-state index is 0.589. The number of H-pyrrole nitrogens is 1. The van der Waals surface area contributed by atoms with Gasteiger partial charge in [0.05, 0.1) is 0 Å². The summed E-state index contributed by atoms with van der Waals surface area (Å²) in [4.78, 5) is 5.87. The Bertz CT molecular complexity index is 500. The van der Waals surface area contributed by atoms with Crippen molar-refractivity contribution in [2.45, 2.75) is 31.8 Å². The molecule has 1 aromatic carbocycles. The minimum Gasteiger partial charge on any atom is -0.361 e. The Morgan fingerprint density at radius 2 is 2.06 bits per heavy atom. The molecule has 1 aromatic heterocycles. The van der Waals surface area contributed by atoms with Crippen LogP contribution in [0.5, 0.6) is 0 Å². The zero-order valence-corrected chi connectivity index (χ0v) is 9.90. The van der Waals surface area contributed by atoms with Gasteiger partial charge in [-0.2, -0.15) is 0 Å². The number of hydrogen-bond acceptors (Lipinski definition) is 1. The lowest BCUT2D eigenvalue weighted by atomic mass is 10.0. The van der Waals surface area contributed by atoms with Crippen molar-refractivity contribution in [3.05, 3.63) is 36.0 Å². The average Bonchev–Trinajstić information content (AvgIpc) is 2.85. The summed E-state index contributed by atoms with van der Waals surface area (Å²) in [5, 5.41) is 1.38. The number of fused-ring (bicyclic) bond motifs is 1. The lowest BCUT2D eigenvalue weighted by Gasteiger charge is -2.23. The molecule has 1 fully saturated rings. The molecule has 0 saturated carbocycles. The van der Waals surface area contributed by atoms with Gasteiger partial charge in [0.2, 0.25) is 0 Å². The molecule has 2 nitrogen and oxygen atoms in total. The number of para-hydroxylation sites is 1. The van der Waals surface area contributed by atoms with Gasteiger partial charge in [0.15, 0.2) is 0 Å². The van der Waals surface area contributed by atoms with Gasteiger partial charge in [-0.3, -0.25) is 4.90 Å². The number of benzene rings is 1. The van der Waals surface area contributed by atoms with Crippen LogP contribution >= 0.6 is 0 Å². The second-order valence-electron chi connectivity index (χ2n) is 4.90. The fraction of sp³-hybridized carbons (Fsp3) is 0.429. The molecule has 1 saturated heterocycles. The van der Waals surface area contributed by atoms with Crippen LogP contribution in [0.4, 0.5) is 0 Å². The van der Waals surface area contributed by atoms with Crippen LogP contribution in [0.15, 0.2) is 30.5 Å². The molecule has 0 radical (unpaired) electrons.